The summed E-state index contributed by atoms with van der Waals surface area (Å²) in [4.78, 5) is 11.1. The van der Waals surface area contributed by atoms with Gasteiger partial charge in [-0.05, 0) is 42.5 Å². The van der Waals surface area contributed by atoms with Crippen LogP contribution in [-0.2, 0) is 14.8 Å². The maximum atomic E-state index is 12.5. The lowest BCUT2D eigenvalue weighted by atomic mass is 10.2. The van der Waals surface area contributed by atoms with Gasteiger partial charge in [0.1, 0.15) is 5.75 Å². The maximum absolute atomic E-state index is 12.5. The highest BCUT2D eigenvalue weighted by Crippen LogP contribution is 2.30. The minimum absolute atomic E-state index is 0.00785. The Hall–Kier alpha value is -3.05. The van der Waals surface area contributed by atoms with Crippen LogP contribution in [0.25, 0.3) is 0 Å². The van der Waals surface area contributed by atoms with E-state index in [1.54, 1.807) is 12.1 Å². The second-order valence-corrected chi connectivity index (χ2v) is 6.52. The predicted octanol–water partition coefficient (Wildman–Crippen LogP) is 2.33. The van der Waals surface area contributed by atoms with Gasteiger partial charge in [-0.25, -0.2) is 8.42 Å². The predicted molar refractivity (Wildman–Crippen MR) is 89.3 cm³/mol. The highest BCUT2D eigenvalue weighted by Gasteiger charge is 2.17. The van der Waals surface area contributed by atoms with Crippen molar-refractivity contribution >= 4 is 27.3 Å². The van der Waals surface area contributed by atoms with E-state index in [4.69, 9.17) is 10.00 Å². The van der Waals surface area contributed by atoms with Crippen LogP contribution in [0, 0.1) is 11.3 Å². The lowest BCUT2D eigenvalue weighted by molar-refractivity contribution is -0.114. The fourth-order valence-electron chi connectivity index (χ4n) is 1.98. The number of hydrogen-bond acceptors (Lipinski definition) is 5. The number of anilines is 2. The number of sulfonamides is 1. The molecule has 0 saturated heterocycles. The summed E-state index contributed by atoms with van der Waals surface area (Å²) in [5.41, 5.74) is 0.980. The number of benzene rings is 2. The molecule has 0 heterocycles. The molecule has 2 rings (SSSR count). The second-order valence-electron chi connectivity index (χ2n) is 4.84. The monoisotopic (exact) mass is 345 g/mol. The zero-order valence-corrected chi connectivity index (χ0v) is 13.8. The van der Waals surface area contributed by atoms with Crippen molar-refractivity contribution in [3.05, 3.63) is 48.0 Å². The first kappa shape index (κ1) is 17.3. The van der Waals surface area contributed by atoms with Crippen molar-refractivity contribution in [2.24, 2.45) is 0 Å². The molecule has 0 aromatic heterocycles. The quantitative estimate of drug-likeness (QED) is 0.864. The maximum Gasteiger partial charge on any atom is 0.262 e. The second kappa shape index (κ2) is 7.02. The van der Waals surface area contributed by atoms with Crippen molar-refractivity contribution in [1.82, 2.24) is 0 Å². The van der Waals surface area contributed by atoms with E-state index in [-0.39, 0.29) is 16.5 Å². The molecule has 1 amide bonds. The summed E-state index contributed by atoms with van der Waals surface area (Å²) in [6, 6.07) is 12.0. The summed E-state index contributed by atoms with van der Waals surface area (Å²) in [5, 5.41) is 11.3. The van der Waals surface area contributed by atoms with Crippen LogP contribution >= 0.6 is 0 Å². The van der Waals surface area contributed by atoms with Gasteiger partial charge in [0.05, 0.1) is 29.3 Å². The van der Waals surface area contributed by atoms with Crippen molar-refractivity contribution in [3.63, 3.8) is 0 Å². The highest BCUT2D eigenvalue weighted by atomic mass is 32.2. The van der Waals surface area contributed by atoms with Gasteiger partial charge in [0.15, 0.2) is 0 Å². The van der Waals surface area contributed by atoms with Crippen LogP contribution in [0.5, 0.6) is 5.75 Å². The van der Waals surface area contributed by atoms with Gasteiger partial charge in [-0.2, -0.15) is 5.26 Å². The number of ether oxygens (including phenoxy) is 1. The van der Waals surface area contributed by atoms with E-state index in [1.807, 2.05) is 6.07 Å². The van der Waals surface area contributed by atoms with Crippen LogP contribution in [0.4, 0.5) is 11.4 Å². The van der Waals surface area contributed by atoms with Crippen LogP contribution < -0.4 is 14.8 Å². The largest absolute Gasteiger partial charge is 0.495 e. The normalized spacial score (nSPS) is 10.5. The van der Waals surface area contributed by atoms with Gasteiger partial charge in [-0.15, -0.1) is 0 Å². The minimum Gasteiger partial charge on any atom is -0.495 e. The summed E-state index contributed by atoms with van der Waals surface area (Å²) in [5.74, 6) is 0.0300. The summed E-state index contributed by atoms with van der Waals surface area (Å²) in [6.45, 7) is 1.35. The van der Waals surface area contributed by atoms with Crippen molar-refractivity contribution in [2.75, 3.05) is 17.1 Å². The number of methoxy groups -OCH3 is 1. The molecule has 0 aliphatic rings. The smallest absolute Gasteiger partial charge is 0.262 e. The van der Waals surface area contributed by atoms with Gasteiger partial charge in [0.2, 0.25) is 5.91 Å². The van der Waals surface area contributed by atoms with Gasteiger partial charge < -0.3 is 10.1 Å². The molecule has 0 radical (unpaired) electrons. The van der Waals surface area contributed by atoms with Crippen LogP contribution in [-0.4, -0.2) is 21.4 Å². The number of amides is 1. The first-order valence-electron chi connectivity index (χ1n) is 6.84. The van der Waals surface area contributed by atoms with Crippen LogP contribution in [0.15, 0.2) is 47.4 Å². The van der Waals surface area contributed by atoms with Gasteiger partial charge in [-0.1, -0.05) is 0 Å². The molecular weight excluding hydrogens is 330 g/mol. The van der Waals surface area contributed by atoms with Crippen molar-refractivity contribution in [3.8, 4) is 11.8 Å². The number of nitrogens with zero attached hydrogens (tertiary/aromatic N) is 1. The molecule has 124 valence electrons. The highest BCUT2D eigenvalue weighted by molar-refractivity contribution is 7.92. The van der Waals surface area contributed by atoms with Gasteiger partial charge in [0.25, 0.3) is 10.0 Å². The first-order chi connectivity index (χ1) is 11.4. The number of nitrogens with one attached hydrogen (secondary N) is 2. The Morgan fingerprint density at radius 3 is 2.38 bits per heavy atom. The van der Waals surface area contributed by atoms with Crippen LogP contribution in [0.3, 0.4) is 0 Å². The molecule has 0 bridgehead atoms. The lowest BCUT2D eigenvalue weighted by Gasteiger charge is -2.13. The zero-order valence-electron chi connectivity index (χ0n) is 13.0. The molecule has 7 nitrogen and oxygen atoms in total. The third-order valence-corrected chi connectivity index (χ3v) is 4.44. The summed E-state index contributed by atoms with van der Waals surface area (Å²) in [7, 11) is -2.46. The molecule has 0 unspecified atom stereocenters. The number of rotatable bonds is 5. The Labute approximate surface area is 139 Å². The summed E-state index contributed by atoms with van der Waals surface area (Å²) >= 11 is 0. The number of carbonyl (C=O) groups is 1. The van der Waals surface area contributed by atoms with E-state index in [9.17, 15) is 13.2 Å². The molecule has 8 heteroatoms. The molecule has 24 heavy (non-hydrogen) atoms. The molecule has 0 atom stereocenters. The Bertz CT molecular complexity index is 900. The number of carbonyl (C=O) groups excluding carboxylic acids is 1. The third-order valence-electron chi connectivity index (χ3n) is 3.06. The Balaban J connectivity index is 2.36. The van der Waals surface area contributed by atoms with E-state index < -0.39 is 10.0 Å². The summed E-state index contributed by atoms with van der Waals surface area (Å²) in [6.07, 6.45) is 0. The molecule has 0 fully saturated rings. The number of hydrogen-bond donors (Lipinski definition) is 2. The fourth-order valence-corrected chi connectivity index (χ4v) is 3.04. The summed E-state index contributed by atoms with van der Waals surface area (Å²) < 4.78 is 32.5. The SMILES string of the molecule is COc1ccc(NC(C)=O)cc1NS(=O)(=O)c1ccc(C#N)cc1. The van der Waals surface area contributed by atoms with E-state index in [0.29, 0.717) is 17.0 Å². The van der Waals surface area contributed by atoms with E-state index in [2.05, 4.69) is 10.0 Å². The average molecular weight is 345 g/mol. The fraction of sp³-hybridized carbons (Fsp3) is 0.125. The van der Waals surface area contributed by atoms with Crippen molar-refractivity contribution in [2.45, 2.75) is 11.8 Å². The lowest BCUT2D eigenvalue weighted by Crippen LogP contribution is -2.14. The number of nitriles is 1. The van der Waals surface area contributed by atoms with E-state index in [0.717, 1.165) is 0 Å². The Kier molecular flexibility index (Phi) is 5.06. The Morgan fingerprint density at radius 2 is 1.83 bits per heavy atom. The first-order valence-corrected chi connectivity index (χ1v) is 8.32. The molecule has 2 aromatic rings. The van der Waals surface area contributed by atoms with Crippen molar-refractivity contribution < 1.29 is 17.9 Å². The van der Waals surface area contributed by atoms with Crippen LogP contribution in [0.2, 0.25) is 0 Å². The topological polar surface area (TPSA) is 108 Å². The van der Waals surface area contributed by atoms with E-state index in [1.165, 1.54) is 44.4 Å². The molecule has 0 spiro atoms. The molecule has 0 saturated carbocycles. The molecule has 2 aromatic carbocycles. The standard InChI is InChI=1S/C16H15N3O4S/c1-11(20)18-13-5-8-16(23-2)15(9-13)19-24(21,22)14-6-3-12(10-17)4-7-14/h3-9,19H,1-2H3,(H,18,20). The zero-order chi connectivity index (χ0) is 17.7. The van der Waals surface area contributed by atoms with Crippen molar-refractivity contribution in [1.29, 1.82) is 5.26 Å². The van der Waals surface area contributed by atoms with E-state index >= 15 is 0 Å². The molecular formula is C16H15N3O4S. The van der Waals surface area contributed by atoms with Gasteiger partial charge >= 0.3 is 0 Å². The van der Waals surface area contributed by atoms with Gasteiger partial charge in [-0.3, -0.25) is 9.52 Å². The molecule has 0 aliphatic carbocycles. The third kappa shape index (κ3) is 4.02. The minimum atomic E-state index is -3.87. The molecule has 0 aliphatic heterocycles. The van der Waals surface area contributed by atoms with Crippen LogP contribution in [0.1, 0.15) is 12.5 Å². The average Bonchev–Trinajstić information content (AvgIpc) is 2.54. The van der Waals surface area contributed by atoms with Gasteiger partial charge in [0, 0.05) is 12.6 Å². The Morgan fingerprint density at radius 1 is 1.17 bits per heavy atom. The molecule has 2 N–H and O–H groups in total.